The van der Waals surface area contributed by atoms with Crippen LogP contribution in [0.15, 0.2) is 48.9 Å². The van der Waals surface area contributed by atoms with Crippen molar-refractivity contribution in [3.8, 4) is 0 Å². The zero-order valence-electron chi connectivity index (χ0n) is 9.86. The Morgan fingerprint density at radius 1 is 1.22 bits per heavy atom. The standard InChI is InChI=1S/C14H14N2O2/c17-14(18)13(11-4-2-1-3-5-11)7-6-12-10-15-8-9-16-12/h1-5,8-10,13H,6-7H2,(H,17,18). The zero-order chi connectivity index (χ0) is 12.8. The fraction of sp³-hybridized carbons (Fsp3) is 0.214. The highest BCUT2D eigenvalue weighted by molar-refractivity contribution is 5.76. The van der Waals surface area contributed by atoms with Gasteiger partial charge in [-0.2, -0.15) is 0 Å². The first-order valence-electron chi connectivity index (χ1n) is 5.80. The third-order valence-electron chi connectivity index (χ3n) is 2.81. The molecule has 1 heterocycles. The van der Waals surface area contributed by atoms with Crippen LogP contribution in [0, 0.1) is 0 Å². The van der Waals surface area contributed by atoms with Crippen molar-refractivity contribution >= 4 is 5.97 Å². The van der Waals surface area contributed by atoms with Crippen LogP contribution >= 0.6 is 0 Å². The van der Waals surface area contributed by atoms with Gasteiger partial charge in [0.15, 0.2) is 0 Å². The average Bonchev–Trinajstić information content (AvgIpc) is 2.41. The van der Waals surface area contributed by atoms with E-state index in [-0.39, 0.29) is 0 Å². The molecule has 18 heavy (non-hydrogen) atoms. The highest BCUT2D eigenvalue weighted by Gasteiger charge is 2.19. The lowest BCUT2D eigenvalue weighted by Crippen LogP contribution is -2.12. The van der Waals surface area contributed by atoms with E-state index >= 15 is 0 Å². The Kier molecular flexibility index (Phi) is 4.02. The summed E-state index contributed by atoms with van der Waals surface area (Å²) in [5.74, 6) is -1.29. The van der Waals surface area contributed by atoms with Crippen molar-refractivity contribution in [3.05, 3.63) is 60.2 Å². The highest BCUT2D eigenvalue weighted by atomic mass is 16.4. The highest BCUT2D eigenvalue weighted by Crippen LogP contribution is 2.21. The van der Waals surface area contributed by atoms with Crippen LogP contribution in [0.1, 0.15) is 23.6 Å². The summed E-state index contributed by atoms with van der Waals surface area (Å²) in [6.07, 6.45) is 6.03. The van der Waals surface area contributed by atoms with Gasteiger partial charge in [0, 0.05) is 18.6 Å². The summed E-state index contributed by atoms with van der Waals surface area (Å²) < 4.78 is 0. The van der Waals surface area contributed by atoms with Crippen molar-refractivity contribution in [1.29, 1.82) is 0 Å². The Morgan fingerprint density at radius 2 is 2.00 bits per heavy atom. The maximum Gasteiger partial charge on any atom is 0.310 e. The zero-order valence-corrected chi connectivity index (χ0v) is 9.86. The van der Waals surface area contributed by atoms with Crippen molar-refractivity contribution in [2.45, 2.75) is 18.8 Å². The van der Waals surface area contributed by atoms with Gasteiger partial charge in [-0.05, 0) is 18.4 Å². The maximum atomic E-state index is 11.3. The summed E-state index contributed by atoms with van der Waals surface area (Å²) in [6, 6.07) is 9.27. The number of hydrogen-bond donors (Lipinski definition) is 1. The first kappa shape index (κ1) is 12.2. The van der Waals surface area contributed by atoms with Gasteiger partial charge in [0.1, 0.15) is 0 Å². The Morgan fingerprint density at radius 3 is 2.61 bits per heavy atom. The topological polar surface area (TPSA) is 63.1 Å². The van der Waals surface area contributed by atoms with Crippen LogP contribution in [-0.2, 0) is 11.2 Å². The van der Waals surface area contributed by atoms with E-state index in [4.69, 9.17) is 0 Å². The van der Waals surface area contributed by atoms with E-state index in [1.54, 1.807) is 18.6 Å². The van der Waals surface area contributed by atoms with E-state index < -0.39 is 11.9 Å². The monoisotopic (exact) mass is 242 g/mol. The predicted octanol–water partition coefficient (Wildman–Crippen LogP) is 2.28. The molecule has 0 bridgehead atoms. The fourth-order valence-electron chi connectivity index (χ4n) is 1.87. The molecule has 2 rings (SSSR count). The predicted molar refractivity (Wildman–Crippen MR) is 67.2 cm³/mol. The minimum atomic E-state index is -0.801. The van der Waals surface area contributed by atoms with Crippen LogP contribution in [0.4, 0.5) is 0 Å². The number of hydrogen-bond acceptors (Lipinski definition) is 3. The van der Waals surface area contributed by atoms with Crippen molar-refractivity contribution in [1.82, 2.24) is 9.97 Å². The van der Waals surface area contributed by atoms with Crippen molar-refractivity contribution in [2.24, 2.45) is 0 Å². The van der Waals surface area contributed by atoms with E-state index in [9.17, 15) is 9.90 Å². The minimum Gasteiger partial charge on any atom is -0.481 e. The van der Waals surface area contributed by atoms with Crippen molar-refractivity contribution < 1.29 is 9.90 Å². The van der Waals surface area contributed by atoms with Crippen LogP contribution < -0.4 is 0 Å². The van der Waals surface area contributed by atoms with E-state index in [0.717, 1.165) is 11.3 Å². The molecule has 1 N–H and O–H groups in total. The first-order chi connectivity index (χ1) is 8.77. The third-order valence-corrected chi connectivity index (χ3v) is 2.81. The molecule has 0 saturated carbocycles. The SMILES string of the molecule is O=C(O)C(CCc1cnccn1)c1ccccc1. The van der Waals surface area contributed by atoms with Crippen molar-refractivity contribution in [3.63, 3.8) is 0 Å². The second-order valence-corrected chi connectivity index (χ2v) is 4.04. The molecular formula is C14H14N2O2. The molecule has 1 aromatic carbocycles. The summed E-state index contributed by atoms with van der Waals surface area (Å²) in [5, 5.41) is 9.27. The van der Waals surface area contributed by atoms with Gasteiger partial charge in [-0.15, -0.1) is 0 Å². The molecule has 0 radical (unpaired) electrons. The van der Waals surface area contributed by atoms with Crippen LogP contribution in [0.2, 0.25) is 0 Å². The number of aryl methyl sites for hydroxylation is 1. The molecule has 0 amide bonds. The lowest BCUT2D eigenvalue weighted by atomic mass is 9.94. The number of rotatable bonds is 5. The normalized spacial score (nSPS) is 12.0. The Balaban J connectivity index is 2.06. The molecule has 1 aromatic heterocycles. The van der Waals surface area contributed by atoms with Crippen LogP contribution in [-0.4, -0.2) is 21.0 Å². The molecule has 0 spiro atoms. The lowest BCUT2D eigenvalue weighted by Gasteiger charge is -2.12. The minimum absolute atomic E-state index is 0.492. The Bertz CT molecular complexity index is 500. The van der Waals surface area contributed by atoms with Gasteiger partial charge in [-0.25, -0.2) is 0 Å². The molecule has 0 fully saturated rings. The molecule has 92 valence electrons. The largest absolute Gasteiger partial charge is 0.481 e. The van der Waals surface area contributed by atoms with Crippen LogP contribution in [0.5, 0.6) is 0 Å². The smallest absolute Gasteiger partial charge is 0.310 e. The lowest BCUT2D eigenvalue weighted by molar-refractivity contribution is -0.138. The summed E-state index contributed by atoms with van der Waals surface area (Å²) >= 11 is 0. The number of carbonyl (C=O) groups is 1. The van der Waals surface area contributed by atoms with Crippen LogP contribution in [0.25, 0.3) is 0 Å². The molecule has 0 aliphatic rings. The maximum absolute atomic E-state index is 11.3. The molecule has 4 heteroatoms. The van der Waals surface area contributed by atoms with Gasteiger partial charge < -0.3 is 5.11 Å². The summed E-state index contributed by atoms with van der Waals surface area (Å²) in [6.45, 7) is 0. The van der Waals surface area contributed by atoms with E-state index in [2.05, 4.69) is 9.97 Å². The molecule has 0 aliphatic carbocycles. The van der Waals surface area contributed by atoms with Crippen molar-refractivity contribution in [2.75, 3.05) is 0 Å². The van der Waals surface area contributed by atoms with Gasteiger partial charge in [-0.3, -0.25) is 14.8 Å². The second kappa shape index (κ2) is 5.91. The fourth-order valence-corrected chi connectivity index (χ4v) is 1.87. The van der Waals surface area contributed by atoms with Crippen LogP contribution in [0.3, 0.4) is 0 Å². The van der Waals surface area contributed by atoms with Gasteiger partial charge in [-0.1, -0.05) is 30.3 Å². The number of benzene rings is 1. The molecule has 0 saturated heterocycles. The molecule has 2 aromatic rings. The number of carboxylic acid groups (broad SMARTS) is 1. The van der Waals surface area contributed by atoms with E-state index in [1.807, 2.05) is 30.3 Å². The summed E-state index contributed by atoms with van der Waals surface area (Å²) in [5.41, 5.74) is 1.65. The van der Waals surface area contributed by atoms with E-state index in [0.29, 0.717) is 12.8 Å². The van der Waals surface area contributed by atoms with Gasteiger partial charge >= 0.3 is 5.97 Å². The second-order valence-electron chi connectivity index (χ2n) is 4.04. The molecular weight excluding hydrogens is 228 g/mol. The Labute approximate surface area is 105 Å². The summed E-state index contributed by atoms with van der Waals surface area (Å²) in [4.78, 5) is 19.4. The average molecular weight is 242 g/mol. The molecule has 4 nitrogen and oxygen atoms in total. The number of carboxylic acids is 1. The van der Waals surface area contributed by atoms with Gasteiger partial charge in [0.25, 0.3) is 0 Å². The third kappa shape index (κ3) is 3.13. The van der Waals surface area contributed by atoms with Gasteiger partial charge in [0.2, 0.25) is 0 Å². The van der Waals surface area contributed by atoms with Gasteiger partial charge in [0.05, 0.1) is 11.6 Å². The first-order valence-corrected chi connectivity index (χ1v) is 5.80. The van der Waals surface area contributed by atoms with E-state index in [1.165, 1.54) is 0 Å². The number of nitrogens with zero attached hydrogens (tertiary/aromatic N) is 2. The summed E-state index contributed by atoms with van der Waals surface area (Å²) in [7, 11) is 0. The molecule has 1 atom stereocenters. The number of aromatic nitrogens is 2. The quantitative estimate of drug-likeness (QED) is 0.873. The molecule has 0 aliphatic heterocycles. The Hall–Kier alpha value is -2.23. The number of aliphatic carboxylic acids is 1. The molecule has 1 unspecified atom stereocenters.